The van der Waals surface area contributed by atoms with Gasteiger partial charge in [-0.1, -0.05) is 6.92 Å². The first-order chi connectivity index (χ1) is 6.69. The highest BCUT2D eigenvalue weighted by Crippen LogP contribution is 2.20. The lowest BCUT2D eigenvalue weighted by atomic mass is 10.2. The zero-order valence-corrected chi connectivity index (χ0v) is 9.45. The molecule has 1 atom stereocenters. The molecular weight excluding hydrogens is 174 g/mol. The zero-order chi connectivity index (χ0) is 10.6. The molecule has 0 aliphatic heterocycles. The van der Waals surface area contributed by atoms with Gasteiger partial charge in [0.15, 0.2) is 0 Å². The maximum absolute atomic E-state index is 5.12. The summed E-state index contributed by atoms with van der Waals surface area (Å²) in [5.41, 5.74) is 1.24. The molecule has 0 saturated heterocycles. The van der Waals surface area contributed by atoms with Crippen LogP contribution in [-0.2, 0) is 0 Å². The van der Waals surface area contributed by atoms with E-state index in [0.29, 0.717) is 6.04 Å². The van der Waals surface area contributed by atoms with Crippen LogP contribution in [0.3, 0.4) is 0 Å². The fourth-order valence-corrected chi connectivity index (χ4v) is 1.35. The van der Waals surface area contributed by atoms with E-state index in [-0.39, 0.29) is 0 Å². The number of nitrogens with zero attached hydrogens (tertiary/aromatic N) is 1. The quantitative estimate of drug-likeness (QED) is 0.729. The van der Waals surface area contributed by atoms with Crippen molar-refractivity contribution >= 4 is 5.69 Å². The average Bonchev–Trinajstić information content (AvgIpc) is 2.27. The third kappa shape index (κ3) is 2.41. The highest BCUT2D eigenvalue weighted by molar-refractivity contribution is 5.49. The summed E-state index contributed by atoms with van der Waals surface area (Å²) in [7, 11) is 3.81. The number of ether oxygens (including phenoxy) is 1. The van der Waals surface area contributed by atoms with Gasteiger partial charge in [0.1, 0.15) is 5.75 Å². The second-order valence-corrected chi connectivity index (χ2v) is 3.57. The SMILES string of the molecule is CCC(C)N(C)c1ccc(OC)cc1. The van der Waals surface area contributed by atoms with E-state index < -0.39 is 0 Å². The van der Waals surface area contributed by atoms with Crippen LogP contribution in [0.2, 0.25) is 0 Å². The molecule has 0 radical (unpaired) electrons. The summed E-state index contributed by atoms with van der Waals surface area (Å²) in [5, 5.41) is 0. The van der Waals surface area contributed by atoms with Crippen LogP contribution in [-0.4, -0.2) is 20.2 Å². The molecule has 0 aromatic heterocycles. The molecule has 1 unspecified atom stereocenters. The van der Waals surface area contributed by atoms with Gasteiger partial charge in [-0.05, 0) is 37.6 Å². The van der Waals surface area contributed by atoms with Crippen molar-refractivity contribution in [3.63, 3.8) is 0 Å². The summed E-state index contributed by atoms with van der Waals surface area (Å²) in [4.78, 5) is 2.28. The Labute approximate surface area is 86.5 Å². The van der Waals surface area contributed by atoms with Gasteiger partial charge in [0.05, 0.1) is 7.11 Å². The molecule has 0 aliphatic rings. The first-order valence-corrected chi connectivity index (χ1v) is 5.06. The summed E-state index contributed by atoms with van der Waals surface area (Å²) in [5.74, 6) is 0.909. The van der Waals surface area contributed by atoms with Crippen LogP contribution in [0.5, 0.6) is 5.75 Å². The Bertz CT molecular complexity index is 268. The third-order valence-corrected chi connectivity index (χ3v) is 2.73. The van der Waals surface area contributed by atoms with Crippen LogP contribution >= 0.6 is 0 Å². The zero-order valence-electron chi connectivity index (χ0n) is 9.45. The second-order valence-electron chi connectivity index (χ2n) is 3.57. The van der Waals surface area contributed by atoms with Crippen molar-refractivity contribution in [3.05, 3.63) is 24.3 Å². The molecule has 0 aliphatic carbocycles. The average molecular weight is 193 g/mol. The van der Waals surface area contributed by atoms with Gasteiger partial charge in [0, 0.05) is 18.8 Å². The number of methoxy groups -OCH3 is 1. The van der Waals surface area contributed by atoms with Crippen LogP contribution in [0.4, 0.5) is 5.69 Å². The molecule has 0 spiro atoms. The number of rotatable bonds is 4. The summed E-state index contributed by atoms with van der Waals surface area (Å²) in [6, 6.07) is 8.74. The Hall–Kier alpha value is -1.18. The Balaban J connectivity index is 2.75. The molecule has 0 N–H and O–H groups in total. The number of benzene rings is 1. The lowest BCUT2D eigenvalue weighted by Gasteiger charge is -2.26. The van der Waals surface area contributed by atoms with E-state index in [9.17, 15) is 0 Å². The Morgan fingerprint density at radius 2 is 1.86 bits per heavy atom. The molecule has 78 valence electrons. The predicted molar refractivity (Wildman–Crippen MR) is 61.2 cm³/mol. The lowest BCUT2D eigenvalue weighted by Crippen LogP contribution is -2.27. The highest BCUT2D eigenvalue weighted by Gasteiger charge is 2.06. The minimum Gasteiger partial charge on any atom is -0.497 e. The maximum Gasteiger partial charge on any atom is 0.119 e. The fraction of sp³-hybridized carbons (Fsp3) is 0.500. The molecule has 0 bridgehead atoms. The summed E-state index contributed by atoms with van der Waals surface area (Å²) in [6.45, 7) is 4.43. The van der Waals surface area contributed by atoms with Crippen molar-refractivity contribution < 1.29 is 4.74 Å². The van der Waals surface area contributed by atoms with E-state index >= 15 is 0 Å². The number of anilines is 1. The molecule has 0 heterocycles. The largest absolute Gasteiger partial charge is 0.497 e. The Morgan fingerprint density at radius 3 is 2.29 bits per heavy atom. The van der Waals surface area contributed by atoms with Gasteiger partial charge >= 0.3 is 0 Å². The molecule has 14 heavy (non-hydrogen) atoms. The standard InChI is InChI=1S/C12H19NO/c1-5-10(2)13(3)11-6-8-12(14-4)9-7-11/h6-10H,5H2,1-4H3. The third-order valence-electron chi connectivity index (χ3n) is 2.73. The predicted octanol–water partition coefficient (Wildman–Crippen LogP) is 2.93. The molecule has 1 aromatic carbocycles. The second kappa shape index (κ2) is 4.89. The van der Waals surface area contributed by atoms with Gasteiger partial charge in [-0.25, -0.2) is 0 Å². The smallest absolute Gasteiger partial charge is 0.119 e. The van der Waals surface area contributed by atoms with Crippen molar-refractivity contribution in [2.24, 2.45) is 0 Å². The molecule has 1 aromatic rings. The summed E-state index contributed by atoms with van der Waals surface area (Å²) in [6.07, 6.45) is 1.16. The molecule has 0 fully saturated rings. The molecule has 2 heteroatoms. The van der Waals surface area contributed by atoms with Gasteiger partial charge in [-0.3, -0.25) is 0 Å². The van der Waals surface area contributed by atoms with Crippen molar-refractivity contribution in [1.29, 1.82) is 0 Å². The minimum absolute atomic E-state index is 0.573. The highest BCUT2D eigenvalue weighted by atomic mass is 16.5. The molecular formula is C12H19NO. The monoisotopic (exact) mass is 193 g/mol. The molecule has 0 saturated carbocycles. The van der Waals surface area contributed by atoms with Gasteiger partial charge in [0.2, 0.25) is 0 Å². The van der Waals surface area contributed by atoms with Crippen LogP contribution in [0.25, 0.3) is 0 Å². The van der Waals surface area contributed by atoms with Gasteiger partial charge in [0.25, 0.3) is 0 Å². The van der Waals surface area contributed by atoms with Crippen LogP contribution < -0.4 is 9.64 Å². The van der Waals surface area contributed by atoms with Crippen LogP contribution in [0.1, 0.15) is 20.3 Å². The van der Waals surface area contributed by atoms with E-state index in [0.717, 1.165) is 12.2 Å². The number of hydrogen-bond donors (Lipinski definition) is 0. The summed E-state index contributed by atoms with van der Waals surface area (Å²) < 4.78 is 5.12. The van der Waals surface area contributed by atoms with E-state index in [1.54, 1.807) is 7.11 Å². The Morgan fingerprint density at radius 1 is 1.29 bits per heavy atom. The van der Waals surface area contributed by atoms with E-state index in [4.69, 9.17) is 4.74 Å². The fourth-order valence-electron chi connectivity index (χ4n) is 1.35. The van der Waals surface area contributed by atoms with Crippen molar-refractivity contribution in [2.75, 3.05) is 19.1 Å². The van der Waals surface area contributed by atoms with Crippen molar-refractivity contribution in [2.45, 2.75) is 26.3 Å². The van der Waals surface area contributed by atoms with Crippen molar-refractivity contribution in [3.8, 4) is 5.75 Å². The first kappa shape index (κ1) is 10.9. The van der Waals surface area contributed by atoms with Gasteiger partial charge in [-0.15, -0.1) is 0 Å². The normalized spacial score (nSPS) is 12.3. The molecule has 2 nitrogen and oxygen atoms in total. The topological polar surface area (TPSA) is 12.5 Å². The van der Waals surface area contributed by atoms with E-state index in [1.165, 1.54) is 5.69 Å². The molecule has 0 amide bonds. The van der Waals surface area contributed by atoms with Crippen LogP contribution in [0, 0.1) is 0 Å². The molecule has 1 rings (SSSR count). The van der Waals surface area contributed by atoms with Crippen molar-refractivity contribution in [1.82, 2.24) is 0 Å². The van der Waals surface area contributed by atoms with Crippen LogP contribution in [0.15, 0.2) is 24.3 Å². The number of hydrogen-bond acceptors (Lipinski definition) is 2. The lowest BCUT2D eigenvalue weighted by molar-refractivity contribution is 0.415. The van der Waals surface area contributed by atoms with Gasteiger partial charge in [-0.2, -0.15) is 0 Å². The van der Waals surface area contributed by atoms with E-state index in [1.807, 2.05) is 12.1 Å². The first-order valence-electron chi connectivity index (χ1n) is 5.06. The minimum atomic E-state index is 0.573. The Kier molecular flexibility index (Phi) is 3.81. The maximum atomic E-state index is 5.12. The van der Waals surface area contributed by atoms with Gasteiger partial charge < -0.3 is 9.64 Å². The van der Waals surface area contributed by atoms with E-state index in [2.05, 4.69) is 37.9 Å². The summed E-state index contributed by atoms with van der Waals surface area (Å²) >= 11 is 0.